The minimum atomic E-state index is -0.400. The summed E-state index contributed by atoms with van der Waals surface area (Å²) in [6.45, 7) is 2.62. The predicted molar refractivity (Wildman–Crippen MR) is 55.5 cm³/mol. The van der Waals surface area contributed by atoms with Crippen molar-refractivity contribution >= 4 is 15.9 Å². The molecule has 0 aliphatic carbocycles. The Morgan fingerprint density at radius 2 is 2.15 bits per heavy atom. The summed E-state index contributed by atoms with van der Waals surface area (Å²) in [6.07, 6.45) is -0.400. The van der Waals surface area contributed by atoms with Crippen molar-refractivity contribution in [2.24, 2.45) is 0 Å². The molecule has 0 unspecified atom stereocenters. The lowest BCUT2D eigenvalue weighted by atomic mass is 10.2. The molecule has 3 heteroatoms. The van der Waals surface area contributed by atoms with Gasteiger partial charge in [-0.1, -0.05) is 34.1 Å². The SMILES string of the molecule is C[C@H](O)COCc1ccccc1Br. The van der Waals surface area contributed by atoms with E-state index in [1.54, 1.807) is 6.92 Å². The Balaban J connectivity index is 2.41. The summed E-state index contributed by atoms with van der Waals surface area (Å²) in [5.74, 6) is 0. The Kier molecular flexibility index (Phi) is 4.42. The van der Waals surface area contributed by atoms with Gasteiger partial charge in [0.15, 0.2) is 0 Å². The average Bonchev–Trinajstić information content (AvgIpc) is 2.08. The summed E-state index contributed by atoms with van der Waals surface area (Å²) in [7, 11) is 0. The molecule has 72 valence electrons. The highest BCUT2D eigenvalue weighted by Gasteiger charge is 1.99. The lowest BCUT2D eigenvalue weighted by Gasteiger charge is -2.07. The summed E-state index contributed by atoms with van der Waals surface area (Å²) in [6, 6.07) is 7.89. The molecule has 2 nitrogen and oxygen atoms in total. The van der Waals surface area contributed by atoms with E-state index in [9.17, 15) is 0 Å². The first-order valence-corrected chi connectivity index (χ1v) is 4.98. The van der Waals surface area contributed by atoms with Gasteiger partial charge in [0.2, 0.25) is 0 Å². The fourth-order valence-corrected chi connectivity index (χ4v) is 1.35. The molecule has 0 heterocycles. The van der Waals surface area contributed by atoms with Gasteiger partial charge in [-0.05, 0) is 18.6 Å². The third-order valence-corrected chi connectivity index (χ3v) is 2.35. The first kappa shape index (κ1) is 10.7. The lowest BCUT2D eigenvalue weighted by Crippen LogP contribution is -2.10. The Bertz CT molecular complexity index is 261. The number of rotatable bonds is 4. The minimum absolute atomic E-state index is 0.376. The number of aliphatic hydroxyl groups excluding tert-OH is 1. The van der Waals surface area contributed by atoms with Crippen LogP contribution in [0.2, 0.25) is 0 Å². The highest BCUT2D eigenvalue weighted by molar-refractivity contribution is 9.10. The molecule has 1 N–H and O–H groups in total. The van der Waals surface area contributed by atoms with E-state index in [1.165, 1.54) is 0 Å². The Labute approximate surface area is 86.7 Å². The van der Waals surface area contributed by atoms with Gasteiger partial charge in [0.05, 0.1) is 19.3 Å². The van der Waals surface area contributed by atoms with Crippen LogP contribution in [-0.4, -0.2) is 17.8 Å². The second-order valence-electron chi connectivity index (χ2n) is 2.96. The molecule has 0 fully saturated rings. The Morgan fingerprint density at radius 1 is 1.46 bits per heavy atom. The molecule has 1 aromatic carbocycles. The van der Waals surface area contributed by atoms with E-state index in [1.807, 2.05) is 24.3 Å². The standard InChI is InChI=1S/C10H13BrO2/c1-8(12)6-13-7-9-4-2-3-5-10(9)11/h2-5,8,12H,6-7H2,1H3/t8-/m0/s1. The largest absolute Gasteiger partial charge is 0.391 e. The molecule has 0 saturated carbocycles. The van der Waals surface area contributed by atoms with Crippen LogP contribution in [-0.2, 0) is 11.3 Å². The topological polar surface area (TPSA) is 29.5 Å². The molecule has 0 aromatic heterocycles. The second-order valence-corrected chi connectivity index (χ2v) is 3.81. The molecular weight excluding hydrogens is 232 g/mol. The zero-order valence-electron chi connectivity index (χ0n) is 7.53. The maximum absolute atomic E-state index is 8.96. The highest BCUT2D eigenvalue weighted by atomic mass is 79.9. The molecule has 1 rings (SSSR count). The van der Waals surface area contributed by atoms with E-state index < -0.39 is 6.10 Å². The van der Waals surface area contributed by atoms with Crippen LogP contribution in [0, 0.1) is 0 Å². The number of halogens is 1. The van der Waals surface area contributed by atoms with E-state index in [0.717, 1.165) is 10.0 Å². The van der Waals surface area contributed by atoms with Crippen molar-refractivity contribution in [3.05, 3.63) is 34.3 Å². The van der Waals surface area contributed by atoms with Crippen LogP contribution in [0.3, 0.4) is 0 Å². The second kappa shape index (κ2) is 5.37. The minimum Gasteiger partial charge on any atom is -0.391 e. The molecule has 13 heavy (non-hydrogen) atoms. The van der Waals surface area contributed by atoms with Gasteiger partial charge in [-0.25, -0.2) is 0 Å². The van der Waals surface area contributed by atoms with Gasteiger partial charge in [0, 0.05) is 4.47 Å². The van der Waals surface area contributed by atoms with Crippen molar-refractivity contribution in [2.75, 3.05) is 6.61 Å². The van der Waals surface area contributed by atoms with Crippen molar-refractivity contribution in [1.82, 2.24) is 0 Å². The fourth-order valence-electron chi connectivity index (χ4n) is 0.955. The summed E-state index contributed by atoms with van der Waals surface area (Å²) >= 11 is 3.42. The highest BCUT2D eigenvalue weighted by Crippen LogP contribution is 2.16. The normalized spacial score (nSPS) is 12.8. The van der Waals surface area contributed by atoms with Crippen LogP contribution in [0.4, 0.5) is 0 Å². The fraction of sp³-hybridized carbons (Fsp3) is 0.400. The van der Waals surface area contributed by atoms with Crippen LogP contribution < -0.4 is 0 Å². The Hall–Kier alpha value is -0.380. The van der Waals surface area contributed by atoms with Crippen LogP contribution in [0.25, 0.3) is 0 Å². The molecule has 0 radical (unpaired) electrons. The average molecular weight is 245 g/mol. The number of hydrogen-bond donors (Lipinski definition) is 1. The van der Waals surface area contributed by atoms with Crippen molar-refractivity contribution < 1.29 is 9.84 Å². The molecule has 0 aliphatic heterocycles. The van der Waals surface area contributed by atoms with Crippen LogP contribution in [0.5, 0.6) is 0 Å². The molecule has 0 aliphatic rings. The third-order valence-electron chi connectivity index (χ3n) is 1.57. The van der Waals surface area contributed by atoms with Crippen molar-refractivity contribution in [3.63, 3.8) is 0 Å². The molecule has 0 amide bonds. The van der Waals surface area contributed by atoms with E-state index in [0.29, 0.717) is 13.2 Å². The van der Waals surface area contributed by atoms with E-state index >= 15 is 0 Å². The summed E-state index contributed by atoms with van der Waals surface area (Å²) < 4.78 is 6.32. The smallest absolute Gasteiger partial charge is 0.0745 e. The maximum atomic E-state index is 8.96. The van der Waals surface area contributed by atoms with Gasteiger partial charge >= 0.3 is 0 Å². The maximum Gasteiger partial charge on any atom is 0.0745 e. The van der Waals surface area contributed by atoms with Gasteiger partial charge < -0.3 is 9.84 Å². The van der Waals surface area contributed by atoms with Crippen molar-refractivity contribution in [3.8, 4) is 0 Å². The van der Waals surface area contributed by atoms with Crippen molar-refractivity contribution in [1.29, 1.82) is 0 Å². The lowest BCUT2D eigenvalue weighted by molar-refractivity contribution is 0.0374. The summed E-state index contributed by atoms with van der Waals surface area (Å²) in [4.78, 5) is 0. The van der Waals surface area contributed by atoms with Gasteiger partial charge in [0.1, 0.15) is 0 Å². The van der Waals surface area contributed by atoms with Crippen molar-refractivity contribution in [2.45, 2.75) is 19.6 Å². The number of ether oxygens (including phenoxy) is 1. The van der Waals surface area contributed by atoms with Gasteiger partial charge in [-0.2, -0.15) is 0 Å². The zero-order chi connectivity index (χ0) is 9.68. The molecular formula is C10H13BrO2. The number of hydrogen-bond acceptors (Lipinski definition) is 2. The molecule has 0 spiro atoms. The molecule has 0 saturated heterocycles. The summed E-state index contributed by atoms with van der Waals surface area (Å²) in [5.41, 5.74) is 1.10. The van der Waals surface area contributed by atoms with Gasteiger partial charge in [0.25, 0.3) is 0 Å². The Morgan fingerprint density at radius 3 is 2.77 bits per heavy atom. The molecule has 0 bridgehead atoms. The summed E-state index contributed by atoms with van der Waals surface area (Å²) in [5, 5.41) is 8.96. The molecule has 1 aromatic rings. The monoisotopic (exact) mass is 244 g/mol. The first-order valence-electron chi connectivity index (χ1n) is 4.19. The van der Waals surface area contributed by atoms with Crippen LogP contribution in [0.1, 0.15) is 12.5 Å². The quantitative estimate of drug-likeness (QED) is 0.882. The predicted octanol–water partition coefficient (Wildman–Crippen LogP) is 2.35. The van der Waals surface area contributed by atoms with E-state index in [4.69, 9.17) is 9.84 Å². The van der Waals surface area contributed by atoms with E-state index in [-0.39, 0.29) is 0 Å². The van der Waals surface area contributed by atoms with Crippen LogP contribution >= 0.6 is 15.9 Å². The first-order chi connectivity index (χ1) is 6.20. The number of benzene rings is 1. The zero-order valence-corrected chi connectivity index (χ0v) is 9.12. The van der Waals surface area contributed by atoms with E-state index in [2.05, 4.69) is 15.9 Å². The number of aliphatic hydroxyl groups is 1. The van der Waals surface area contributed by atoms with Gasteiger partial charge in [-0.15, -0.1) is 0 Å². The molecule has 1 atom stereocenters. The van der Waals surface area contributed by atoms with Crippen LogP contribution in [0.15, 0.2) is 28.7 Å². The van der Waals surface area contributed by atoms with Gasteiger partial charge in [-0.3, -0.25) is 0 Å². The third kappa shape index (κ3) is 3.89.